The van der Waals surface area contributed by atoms with Crippen LogP contribution in [0.5, 0.6) is 5.75 Å². The van der Waals surface area contributed by atoms with Crippen LogP contribution in [0.4, 0.5) is 0 Å². The second-order valence-corrected chi connectivity index (χ2v) is 5.67. The Morgan fingerprint density at radius 3 is 2.78 bits per heavy atom. The van der Waals surface area contributed by atoms with Gasteiger partial charge in [0.25, 0.3) is 0 Å². The molecule has 0 aliphatic heterocycles. The monoisotopic (exact) mass is 308 g/mol. The summed E-state index contributed by atoms with van der Waals surface area (Å²) < 4.78 is 8.43. The minimum atomic E-state index is 0.588. The van der Waals surface area contributed by atoms with Crippen LogP contribution >= 0.6 is 15.9 Å². The second kappa shape index (κ2) is 4.92. The maximum absolute atomic E-state index is 5.31. The van der Waals surface area contributed by atoms with E-state index in [9.17, 15) is 0 Å². The molecule has 0 amide bonds. The molecular formula is C14H17BrN2O. The number of pyridine rings is 1. The molecule has 0 atom stereocenters. The van der Waals surface area contributed by atoms with Gasteiger partial charge in [0.1, 0.15) is 16.2 Å². The molecule has 2 aromatic rings. The van der Waals surface area contributed by atoms with Gasteiger partial charge < -0.3 is 4.74 Å². The average Bonchev–Trinajstić information content (AvgIpc) is 2.76. The van der Waals surface area contributed by atoms with Crippen molar-refractivity contribution in [1.29, 1.82) is 0 Å². The molecule has 2 aromatic heterocycles. The highest BCUT2D eigenvalue weighted by atomic mass is 79.9. The van der Waals surface area contributed by atoms with Crippen molar-refractivity contribution in [3.8, 4) is 5.75 Å². The lowest BCUT2D eigenvalue weighted by Gasteiger charge is -2.20. The van der Waals surface area contributed by atoms with Gasteiger partial charge >= 0.3 is 0 Å². The molecule has 0 aromatic carbocycles. The fraction of sp³-hybridized carbons (Fsp3) is 0.500. The van der Waals surface area contributed by atoms with Crippen LogP contribution in [0.15, 0.2) is 22.9 Å². The first-order chi connectivity index (χ1) is 8.79. The van der Waals surface area contributed by atoms with Crippen LogP contribution in [0.1, 0.15) is 43.8 Å². The summed E-state index contributed by atoms with van der Waals surface area (Å²) in [6.45, 7) is 0. The Bertz CT molecular complexity index is 558. The number of halogens is 1. The molecule has 2 heterocycles. The van der Waals surface area contributed by atoms with E-state index in [0.717, 1.165) is 15.9 Å². The van der Waals surface area contributed by atoms with E-state index in [-0.39, 0.29) is 0 Å². The third-order valence-corrected chi connectivity index (χ3v) is 4.38. The summed E-state index contributed by atoms with van der Waals surface area (Å²) in [4.78, 5) is 4.71. The van der Waals surface area contributed by atoms with Gasteiger partial charge in [-0.3, -0.25) is 4.40 Å². The molecule has 0 bridgehead atoms. The fourth-order valence-electron chi connectivity index (χ4n) is 2.82. The van der Waals surface area contributed by atoms with Gasteiger partial charge in [0.2, 0.25) is 0 Å². The molecule has 1 fully saturated rings. The van der Waals surface area contributed by atoms with Gasteiger partial charge in [-0.15, -0.1) is 0 Å². The van der Waals surface area contributed by atoms with Crippen LogP contribution in [0, 0.1) is 0 Å². The number of nitrogens with zero attached hydrogens (tertiary/aromatic N) is 2. The number of rotatable bonds is 2. The number of hydrogen-bond donors (Lipinski definition) is 0. The smallest absolute Gasteiger partial charge is 0.135 e. The van der Waals surface area contributed by atoms with E-state index in [1.54, 1.807) is 7.11 Å². The first-order valence-corrected chi connectivity index (χ1v) is 7.30. The summed E-state index contributed by atoms with van der Waals surface area (Å²) in [6, 6.07) is 4.04. The quantitative estimate of drug-likeness (QED) is 0.833. The van der Waals surface area contributed by atoms with Crippen molar-refractivity contribution in [2.24, 2.45) is 0 Å². The van der Waals surface area contributed by atoms with Crippen molar-refractivity contribution in [2.45, 2.75) is 38.0 Å². The fourth-order valence-corrected chi connectivity index (χ4v) is 3.32. The third kappa shape index (κ3) is 2.03. The summed E-state index contributed by atoms with van der Waals surface area (Å²) in [5.74, 6) is 2.64. The Kier molecular flexibility index (Phi) is 3.29. The summed E-state index contributed by atoms with van der Waals surface area (Å²) in [5.41, 5.74) is 1.12. The van der Waals surface area contributed by atoms with Gasteiger partial charge in [-0.05, 0) is 40.9 Å². The zero-order valence-corrected chi connectivity index (χ0v) is 12.1. The van der Waals surface area contributed by atoms with Gasteiger partial charge in [0.05, 0.1) is 18.8 Å². The summed E-state index contributed by atoms with van der Waals surface area (Å²) in [5, 5.41) is 0. The van der Waals surface area contributed by atoms with Crippen molar-refractivity contribution < 1.29 is 4.74 Å². The Hall–Kier alpha value is -1.03. The number of imidazole rings is 1. The predicted octanol–water partition coefficient (Wildman–Crippen LogP) is 4.15. The number of aromatic nitrogens is 2. The Morgan fingerprint density at radius 2 is 2.06 bits per heavy atom. The van der Waals surface area contributed by atoms with Crippen molar-refractivity contribution in [3.05, 3.63) is 28.8 Å². The van der Waals surface area contributed by atoms with E-state index < -0.39 is 0 Å². The maximum Gasteiger partial charge on any atom is 0.135 e. The van der Waals surface area contributed by atoms with E-state index in [2.05, 4.69) is 26.4 Å². The molecule has 0 unspecified atom stereocenters. The maximum atomic E-state index is 5.31. The molecule has 1 aliphatic rings. The van der Waals surface area contributed by atoms with Gasteiger partial charge in [-0.2, -0.15) is 0 Å². The minimum absolute atomic E-state index is 0.588. The molecule has 3 nitrogen and oxygen atoms in total. The Balaban J connectivity index is 2.09. The van der Waals surface area contributed by atoms with Gasteiger partial charge in [-0.1, -0.05) is 19.3 Å². The largest absolute Gasteiger partial charge is 0.495 e. The topological polar surface area (TPSA) is 26.5 Å². The standard InChI is InChI=1S/C14H17BrN2O/c1-18-11-7-8-12-13(15)16-14(17(12)9-11)10-5-3-2-4-6-10/h7-10H,2-6H2,1H3. The summed E-state index contributed by atoms with van der Waals surface area (Å²) >= 11 is 3.56. The van der Waals surface area contributed by atoms with E-state index in [0.29, 0.717) is 5.92 Å². The van der Waals surface area contributed by atoms with Crippen LogP contribution in [0.3, 0.4) is 0 Å². The minimum Gasteiger partial charge on any atom is -0.495 e. The molecule has 0 spiro atoms. The van der Waals surface area contributed by atoms with Crippen LogP contribution < -0.4 is 4.74 Å². The van der Waals surface area contributed by atoms with Crippen LogP contribution in [0.2, 0.25) is 0 Å². The zero-order valence-electron chi connectivity index (χ0n) is 10.5. The molecule has 1 aliphatic carbocycles. The summed E-state index contributed by atoms with van der Waals surface area (Å²) in [7, 11) is 1.70. The van der Waals surface area contributed by atoms with Crippen molar-refractivity contribution >= 4 is 21.4 Å². The molecule has 18 heavy (non-hydrogen) atoms. The first kappa shape index (κ1) is 12.0. The summed E-state index contributed by atoms with van der Waals surface area (Å²) in [6.07, 6.45) is 8.55. The highest BCUT2D eigenvalue weighted by Gasteiger charge is 2.21. The predicted molar refractivity (Wildman–Crippen MR) is 75.3 cm³/mol. The lowest BCUT2D eigenvalue weighted by atomic mass is 9.89. The molecule has 3 rings (SSSR count). The molecular weight excluding hydrogens is 292 g/mol. The number of ether oxygens (including phenoxy) is 1. The van der Waals surface area contributed by atoms with Gasteiger partial charge in [0, 0.05) is 5.92 Å². The molecule has 1 saturated carbocycles. The van der Waals surface area contributed by atoms with E-state index in [4.69, 9.17) is 9.72 Å². The van der Waals surface area contributed by atoms with E-state index in [1.807, 2.05) is 12.3 Å². The average molecular weight is 309 g/mol. The first-order valence-electron chi connectivity index (χ1n) is 6.51. The van der Waals surface area contributed by atoms with Crippen LogP contribution in [-0.2, 0) is 0 Å². The number of fused-ring (bicyclic) bond motifs is 1. The molecule has 0 radical (unpaired) electrons. The van der Waals surface area contributed by atoms with Gasteiger partial charge in [-0.25, -0.2) is 4.98 Å². The Morgan fingerprint density at radius 1 is 1.28 bits per heavy atom. The van der Waals surface area contributed by atoms with E-state index >= 15 is 0 Å². The highest BCUT2D eigenvalue weighted by molar-refractivity contribution is 9.10. The molecule has 4 heteroatoms. The van der Waals surface area contributed by atoms with Crippen LogP contribution in [-0.4, -0.2) is 16.5 Å². The lowest BCUT2D eigenvalue weighted by Crippen LogP contribution is -2.08. The van der Waals surface area contributed by atoms with Crippen molar-refractivity contribution in [2.75, 3.05) is 7.11 Å². The van der Waals surface area contributed by atoms with E-state index in [1.165, 1.54) is 37.9 Å². The van der Waals surface area contributed by atoms with Crippen molar-refractivity contribution in [3.63, 3.8) is 0 Å². The third-order valence-electron chi connectivity index (χ3n) is 3.80. The molecule has 0 N–H and O–H groups in total. The zero-order chi connectivity index (χ0) is 12.5. The van der Waals surface area contributed by atoms with Crippen LogP contribution in [0.25, 0.3) is 5.52 Å². The SMILES string of the molecule is COc1ccc2c(Br)nc(C3CCCCC3)n2c1. The Labute approximate surface area is 115 Å². The molecule has 96 valence electrons. The van der Waals surface area contributed by atoms with Crippen molar-refractivity contribution in [1.82, 2.24) is 9.38 Å². The number of hydrogen-bond acceptors (Lipinski definition) is 2. The molecule has 0 saturated heterocycles. The highest BCUT2D eigenvalue weighted by Crippen LogP contribution is 2.34. The lowest BCUT2D eigenvalue weighted by molar-refractivity contribution is 0.408. The normalized spacial score (nSPS) is 17.2. The number of methoxy groups -OCH3 is 1. The second-order valence-electron chi connectivity index (χ2n) is 4.92. The van der Waals surface area contributed by atoms with Gasteiger partial charge in [0.15, 0.2) is 0 Å².